The third kappa shape index (κ3) is 2.33. The minimum atomic E-state index is -0.385. The van der Waals surface area contributed by atoms with Crippen molar-refractivity contribution < 1.29 is 9.36 Å². The molecule has 0 aliphatic heterocycles. The van der Waals surface area contributed by atoms with Gasteiger partial charge in [0.05, 0.1) is 0 Å². The lowest BCUT2D eigenvalue weighted by Gasteiger charge is -2.10. The van der Waals surface area contributed by atoms with Gasteiger partial charge >= 0.3 is 0 Å². The Labute approximate surface area is 101 Å². The molecule has 86 valence electrons. The summed E-state index contributed by atoms with van der Waals surface area (Å²) in [5, 5.41) is 0. The molecule has 0 aliphatic carbocycles. The highest BCUT2D eigenvalue weighted by Crippen LogP contribution is 2.16. The molecular weight excluding hydrogens is 212 g/mol. The molecule has 0 saturated carbocycles. The fourth-order valence-electron chi connectivity index (χ4n) is 1.92. The monoisotopic (exact) mass is 227 g/mol. The predicted octanol–water partition coefficient (Wildman–Crippen LogP) is 1.68. The molecule has 1 atom stereocenters. The van der Waals surface area contributed by atoms with E-state index in [0.29, 0.717) is 5.56 Å². The van der Waals surface area contributed by atoms with E-state index in [1.54, 1.807) is 6.07 Å². The molecule has 2 rings (SSSR count). The normalized spacial score (nSPS) is 12.1. The second kappa shape index (κ2) is 4.78. The van der Waals surface area contributed by atoms with Crippen molar-refractivity contribution in [1.29, 1.82) is 0 Å². The average molecular weight is 227 g/mol. The van der Waals surface area contributed by atoms with Gasteiger partial charge in [0, 0.05) is 30.2 Å². The lowest BCUT2D eigenvalue weighted by molar-refractivity contribution is -0.710. The number of nitrogens with two attached hydrogens (primary N) is 1. The van der Waals surface area contributed by atoms with E-state index >= 15 is 0 Å². The largest absolute Gasteiger partial charge is 0.366 e. The number of amides is 1. The van der Waals surface area contributed by atoms with Crippen LogP contribution in [0.2, 0.25) is 0 Å². The molecule has 1 amide bonds. The Morgan fingerprint density at radius 2 is 1.76 bits per heavy atom. The van der Waals surface area contributed by atoms with Crippen LogP contribution in [0.1, 0.15) is 28.9 Å². The van der Waals surface area contributed by atoms with Gasteiger partial charge in [-0.25, -0.2) is 0 Å². The van der Waals surface area contributed by atoms with Crippen LogP contribution >= 0.6 is 0 Å². The Bertz CT molecular complexity index is 523. The summed E-state index contributed by atoms with van der Waals surface area (Å²) >= 11 is 0. The van der Waals surface area contributed by atoms with Crippen LogP contribution in [0, 0.1) is 0 Å². The van der Waals surface area contributed by atoms with Crippen molar-refractivity contribution in [2.45, 2.75) is 13.0 Å². The summed E-state index contributed by atoms with van der Waals surface area (Å²) in [5.41, 5.74) is 6.90. The number of primary amides is 1. The Morgan fingerprint density at radius 1 is 1.12 bits per heavy atom. The van der Waals surface area contributed by atoms with Crippen LogP contribution in [0.15, 0.2) is 54.9 Å². The highest BCUT2D eigenvalue weighted by Gasteiger charge is 2.19. The number of aromatic nitrogens is 1. The topological polar surface area (TPSA) is 47.0 Å². The number of rotatable bonds is 3. The van der Waals surface area contributed by atoms with Gasteiger partial charge in [0.1, 0.15) is 0 Å². The van der Waals surface area contributed by atoms with Crippen molar-refractivity contribution in [3.05, 3.63) is 66.0 Å². The number of pyridine rings is 1. The summed E-state index contributed by atoms with van der Waals surface area (Å²) in [5.74, 6) is -0.385. The van der Waals surface area contributed by atoms with Gasteiger partial charge in [-0.3, -0.25) is 4.79 Å². The van der Waals surface area contributed by atoms with Crippen molar-refractivity contribution in [2.24, 2.45) is 5.73 Å². The van der Waals surface area contributed by atoms with E-state index in [0.717, 1.165) is 5.56 Å². The molecule has 2 aromatic rings. The minimum absolute atomic E-state index is 0.0832. The Balaban J connectivity index is 2.44. The Morgan fingerprint density at radius 3 is 2.41 bits per heavy atom. The van der Waals surface area contributed by atoms with Gasteiger partial charge in [-0.05, 0) is 6.07 Å². The zero-order valence-corrected chi connectivity index (χ0v) is 9.71. The van der Waals surface area contributed by atoms with Crippen molar-refractivity contribution >= 4 is 5.91 Å². The maximum Gasteiger partial charge on any atom is 0.249 e. The molecule has 1 heterocycles. The summed E-state index contributed by atoms with van der Waals surface area (Å²) in [6.45, 7) is 2.04. The molecule has 0 radical (unpaired) electrons. The molecule has 1 aromatic heterocycles. The number of carbonyl (C=O) groups is 1. The highest BCUT2D eigenvalue weighted by atomic mass is 16.1. The van der Waals surface area contributed by atoms with Crippen LogP contribution in [0.25, 0.3) is 0 Å². The molecule has 3 nitrogen and oxygen atoms in total. The van der Waals surface area contributed by atoms with Crippen molar-refractivity contribution in [3.63, 3.8) is 0 Å². The van der Waals surface area contributed by atoms with Crippen LogP contribution in [-0.4, -0.2) is 5.91 Å². The zero-order valence-electron chi connectivity index (χ0n) is 9.71. The second-order valence-electron chi connectivity index (χ2n) is 3.95. The van der Waals surface area contributed by atoms with Gasteiger partial charge in [0.2, 0.25) is 5.91 Å². The molecule has 2 N–H and O–H groups in total. The van der Waals surface area contributed by atoms with E-state index < -0.39 is 0 Å². The average Bonchev–Trinajstić information content (AvgIpc) is 2.39. The number of hydrogen-bond acceptors (Lipinski definition) is 1. The molecule has 1 aromatic carbocycles. The lowest BCUT2D eigenvalue weighted by Crippen LogP contribution is -2.38. The van der Waals surface area contributed by atoms with Crippen molar-refractivity contribution in [1.82, 2.24) is 0 Å². The van der Waals surface area contributed by atoms with Gasteiger partial charge < -0.3 is 5.73 Å². The first kappa shape index (κ1) is 11.3. The molecule has 0 fully saturated rings. The maximum absolute atomic E-state index is 11.4. The fraction of sp³-hybridized carbons (Fsp3) is 0.143. The van der Waals surface area contributed by atoms with Gasteiger partial charge in [0.15, 0.2) is 18.4 Å². The highest BCUT2D eigenvalue weighted by molar-refractivity contribution is 5.94. The molecule has 3 heteroatoms. The molecule has 0 bridgehead atoms. The van der Waals surface area contributed by atoms with E-state index in [2.05, 4.69) is 0 Å². The van der Waals surface area contributed by atoms with E-state index in [-0.39, 0.29) is 11.9 Å². The Hall–Kier alpha value is -2.16. The summed E-state index contributed by atoms with van der Waals surface area (Å²) < 4.78 is 2.04. The third-order valence-corrected chi connectivity index (χ3v) is 2.86. The van der Waals surface area contributed by atoms with Gasteiger partial charge in [-0.15, -0.1) is 0 Å². The molecule has 1 unspecified atom stereocenters. The molecule has 0 aliphatic rings. The van der Waals surface area contributed by atoms with Gasteiger partial charge in [-0.2, -0.15) is 4.57 Å². The predicted molar refractivity (Wildman–Crippen MR) is 65.4 cm³/mol. The number of carbonyl (C=O) groups excluding carboxylic acids is 1. The zero-order chi connectivity index (χ0) is 12.3. The van der Waals surface area contributed by atoms with Gasteiger partial charge in [0.25, 0.3) is 0 Å². The first-order valence-corrected chi connectivity index (χ1v) is 5.54. The number of nitrogens with zero attached hydrogens (tertiary/aromatic N) is 1. The van der Waals surface area contributed by atoms with Crippen molar-refractivity contribution in [2.75, 3.05) is 0 Å². The number of hydrogen-bond donors (Lipinski definition) is 1. The number of benzene rings is 1. The molecular formula is C14H15N2O+. The van der Waals surface area contributed by atoms with E-state index in [1.807, 2.05) is 60.3 Å². The lowest BCUT2D eigenvalue weighted by atomic mass is 10.0. The van der Waals surface area contributed by atoms with Crippen LogP contribution in [0.3, 0.4) is 0 Å². The van der Waals surface area contributed by atoms with Crippen LogP contribution < -0.4 is 10.3 Å². The maximum atomic E-state index is 11.4. The van der Waals surface area contributed by atoms with Crippen LogP contribution in [-0.2, 0) is 0 Å². The quantitative estimate of drug-likeness (QED) is 0.797. The molecule has 0 spiro atoms. The molecule has 0 saturated heterocycles. The SMILES string of the molecule is CC(c1ccccc1C(N)=O)[n+]1ccccc1. The summed E-state index contributed by atoms with van der Waals surface area (Å²) in [6, 6.07) is 13.4. The summed E-state index contributed by atoms with van der Waals surface area (Å²) in [6.07, 6.45) is 3.95. The van der Waals surface area contributed by atoms with Crippen LogP contribution in [0.5, 0.6) is 0 Å². The minimum Gasteiger partial charge on any atom is -0.366 e. The smallest absolute Gasteiger partial charge is 0.249 e. The molecule has 17 heavy (non-hydrogen) atoms. The third-order valence-electron chi connectivity index (χ3n) is 2.86. The first-order valence-electron chi connectivity index (χ1n) is 5.54. The Kier molecular flexibility index (Phi) is 3.19. The second-order valence-corrected chi connectivity index (χ2v) is 3.95. The standard InChI is InChI=1S/C14H14N2O/c1-11(16-9-5-2-6-10-16)12-7-3-4-8-13(12)14(15)17/h2-11H,1H3,(H-,15,17)/p+1. The first-order chi connectivity index (χ1) is 8.20. The van der Waals surface area contributed by atoms with Gasteiger partial charge in [-0.1, -0.05) is 24.3 Å². The van der Waals surface area contributed by atoms with E-state index in [4.69, 9.17) is 5.73 Å². The van der Waals surface area contributed by atoms with Crippen molar-refractivity contribution in [3.8, 4) is 0 Å². The summed E-state index contributed by atoms with van der Waals surface area (Å²) in [4.78, 5) is 11.4. The van der Waals surface area contributed by atoms with E-state index in [1.165, 1.54) is 0 Å². The summed E-state index contributed by atoms with van der Waals surface area (Å²) in [7, 11) is 0. The fourth-order valence-corrected chi connectivity index (χ4v) is 1.92. The van der Waals surface area contributed by atoms with E-state index in [9.17, 15) is 4.79 Å². The van der Waals surface area contributed by atoms with Crippen LogP contribution in [0.4, 0.5) is 0 Å².